The molecule has 4 rings (SSSR count). The fourth-order valence-corrected chi connectivity index (χ4v) is 4.38. The predicted molar refractivity (Wildman–Crippen MR) is 115 cm³/mol. The van der Waals surface area contributed by atoms with E-state index in [-0.39, 0.29) is 23.3 Å². The van der Waals surface area contributed by atoms with Crippen LogP contribution in [0.4, 0.5) is 15.8 Å². The monoisotopic (exact) mass is 406 g/mol. The van der Waals surface area contributed by atoms with Crippen molar-refractivity contribution in [3.05, 3.63) is 84.2 Å². The fraction of sp³-hybridized carbons (Fsp3) is 0.130. The Morgan fingerprint density at radius 2 is 1.79 bits per heavy atom. The number of nitrogens with one attached hydrogen (secondary N) is 1. The Kier molecular flexibility index (Phi) is 5.62. The van der Waals surface area contributed by atoms with E-state index in [0.29, 0.717) is 0 Å². The Hall–Kier alpha value is -3.12. The maximum Gasteiger partial charge on any atom is 0.225 e. The van der Waals surface area contributed by atoms with E-state index in [4.69, 9.17) is 9.73 Å². The van der Waals surface area contributed by atoms with E-state index in [1.54, 1.807) is 37.1 Å². The number of aliphatic imine (C=N–C) groups is 1. The first-order valence-electron chi connectivity index (χ1n) is 9.17. The van der Waals surface area contributed by atoms with Gasteiger partial charge in [-0.2, -0.15) is 0 Å². The van der Waals surface area contributed by atoms with Gasteiger partial charge in [-0.15, -0.1) is 11.8 Å². The molecule has 1 amide bonds. The summed E-state index contributed by atoms with van der Waals surface area (Å²) in [5, 5.41) is 2.48. The van der Waals surface area contributed by atoms with Crippen molar-refractivity contribution in [1.82, 2.24) is 0 Å². The molecule has 0 saturated heterocycles. The van der Waals surface area contributed by atoms with Gasteiger partial charge in [0.15, 0.2) is 0 Å². The molecule has 0 fully saturated rings. The van der Waals surface area contributed by atoms with Gasteiger partial charge in [-0.25, -0.2) is 4.39 Å². The largest absolute Gasteiger partial charge is 0.497 e. The number of rotatable bonds is 5. The second-order valence-electron chi connectivity index (χ2n) is 6.53. The number of amides is 1. The molecule has 1 aliphatic heterocycles. The molecule has 1 atom stereocenters. The topological polar surface area (TPSA) is 50.7 Å². The van der Waals surface area contributed by atoms with Crippen LogP contribution in [0.25, 0.3) is 0 Å². The van der Waals surface area contributed by atoms with Gasteiger partial charge in [-0.3, -0.25) is 9.79 Å². The summed E-state index contributed by atoms with van der Waals surface area (Å²) in [6.45, 7) is 0. The number of fused-ring (bicyclic) bond motifs is 1. The quantitative estimate of drug-likeness (QED) is 0.612. The first kappa shape index (κ1) is 19.2. The lowest BCUT2D eigenvalue weighted by molar-refractivity contribution is -0.116. The Morgan fingerprint density at radius 3 is 2.55 bits per heavy atom. The summed E-state index contributed by atoms with van der Waals surface area (Å²) in [4.78, 5) is 18.5. The normalized spacial score (nSPS) is 15.2. The minimum Gasteiger partial charge on any atom is -0.497 e. The standard InChI is InChI=1S/C23H19FN2O2S/c1-28-16-12-10-15(11-13-16)23-21(29-20-9-5-4-8-19(20)26-23)14-22(27)25-18-7-3-2-6-17(18)24/h2-13,21H,14H2,1H3,(H,25,27). The Balaban J connectivity index is 1.61. The molecule has 0 bridgehead atoms. The summed E-state index contributed by atoms with van der Waals surface area (Å²) in [7, 11) is 1.62. The van der Waals surface area contributed by atoms with Gasteiger partial charge in [0.2, 0.25) is 5.91 Å². The summed E-state index contributed by atoms with van der Waals surface area (Å²) in [6.07, 6.45) is 0.179. The van der Waals surface area contributed by atoms with Gasteiger partial charge in [0.05, 0.1) is 29.4 Å². The highest BCUT2D eigenvalue weighted by atomic mass is 32.2. The van der Waals surface area contributed by atoms with Crippen molar-refractivity contribution in [2.75, 3.05) is 12.4 Å². The van der Waals surface area contributed by atoms with Crippen LogP contribution in [0, 0.1) is 5.82 Å². The van der Waals surface area contributed by atoms with Crippen LogP contribution in [-0.2, 0) is 4.79 Å². The second-order valence-corrected chi connectivity index (χ2v) is 7.78. The first-order valence-corrected chi connectivity index (χ1v) is 10.0. The molecular weight excluding hydrogens is 387 g/mol. The molecule has 1 unspecified atom stereocenters. The zero-order valence-electron chi connectivity index (χ0n) is 15.8. The highest BCUT2D eigenvalue weighted by Gasteiger charge is 2.27. The zero-order chi connectivity index (χ0) is 20.2. The first-order chi connectivity index (χ1) is 14.1. The highest BCUT2D eigenvalue weighted by molar-refractivity contribution is 8.01. The third kappa shape index (κ3) is 4.32. The van der Waals surface area contributed by atoms with Crippen molar-refractivity contribution in [3.63, 3.8) is 0 Å². The van der Waals surface area contributed by atoms with E-state index in [2.05, 4.69) is 5.32 Å². The lowest BCUT2D eigenvalue weighted by Crippen LogP contribution is -2.27. The van der Waals surface area contributed by atoms with Gasteiger partial charge in [0.25, 0.3) is 0 Å². The van der Waals surface area contributed by atoms with Crippen LogP contribution in [0.3, 0.4) is 0 Å². The van der Waals surface area contributed by atoms with Crippen LogP contribution in [0.15, 0.2) is 82.7 Å². The molecule has 1 heterocycles. The summed E-state index contributed by atoms with van der Waals surface area (Å²) in [5.74, 6) is 0.0480. The van der Waals surface area contributed by atoms with Crippen molar-refractivity contribution in [1.29, 1.82) is 0 Å². The molecule has 1 N–H and O–H groups in total. The van der Waals surface area contributed by atoms with Gasteiger partial charge < -0.3 is 10.1 Å². The number of halogens is 1. The smallest absolute Gasteiger partial charge is 0.225 e. The molecule has 6 heteroatoms. The second kappa shape index (κ2) is 8.49. The van der Waals surface area contributed by atoms with E-state index in [1.165, 1.54) is 6.07 Å². The number of carbonyl (C=O) groups excluding carboxylic acids is 1. The fourth-order valence-electron chi connectivity index (χ4n) is 3.14. The SMILES string of the molecule is COc1ccc(C2=Nc3ccccc3SC2CC(=O)Nc2ccccc2F)cc1. The Morgan fingerprint density at radius 1 is 1.07 bits per heavy atom. The zero-order valence-corrected chi connectivity index (χ0v) is 16.6. The summed E-state index contributed by atoms with van der Waals surface area (Å²) < 4.78 is 19.1. The third-order valence-corrected chi connectivity index (χ3v) is 5.86. The molecule has 1 aliphatic rings. The molecule has 29 heavy (non-hydrogen) atoms. The number of para-hydroxylation sites is 2. The van der Waals surface area contributed by atoms with Gasteiger partial charge >= 0.3 is 0 Å². The number of carbonyl (C=O) groups is 1. The van der Waals surface area contributed by atoms with Gasteiger partial charge in [-0.1, -0.05) is 24.3 Å². The Labute approximate surface area is 172 Å². The molecular formula is C23H19FN2O2S. The van der Waals surface area contributed by atoms with E-state index in [1.807, 2.05) is 48.5 Å². The Bertz CT molecular complexity index is 1070. The minimum absolute atomic E-state index is 0.179. The van der Waals surface area contributed by atoms with Crippen molar-refractivity contribution in [2.24, 2.45) is 4.99 Å². The summed E-state index contributed by atoms with van der Waals surface area (Å²) in [6, 6.07) is 21.6. The number of benzene rings is 3. The molecule has 0 aromatic heterocycles. The van der Waals surface area contributed by atoms with Crippen molar-refractivity contribution in [2.45, 2.75) is 16.6 Å². The number of ether oxygens (including phenoxy) is 1. The van der Waals surface area contributed by atoms with E-state index >= 15 is 0 Å². The minimum atomic E-state index is -0.452. The number of nitrogens with zero attached hydrogens (tertiary/aromatic N) is 1. The van der Waals surface area contributed by atoms with E-state index in [9.17, 15) is 9.18 Å². The summed E-state index contributed by atoms with van der Waals surface area (Å²) >= 11 is 1.60. The molecule has 146 valence electrons. The average molecular weight is 406 g/mol. The predicted octanol–water partition coefficient (Wildman–Crippen LogP) is 5.46. The number of hydrogen-bond donors (Lipinski definition) is 1. The molecule has 0 spiro atoms. The average Bonchev–Trinajstić information content (AvgIpc) is 2.75. The number of methoxy groups -OCH3 is 1. The maximum atomic E-state index is 13.9. The van der Waals surface area contributed by atoms with Crippen LogP contribution < -0.4 is 10.1 Å². The third-order valence-electron chi connectivity index (χ3n) is 4.58. The van der Waals surface area contributed by atoms with Crippen LogP contribution in [0.1, 0.15) is 12.0 Å². The summed E-state index contributed by atoms with van der Waals surface area (Å²) in [5.41, 5.74) is 2.81. The van der Waals surface area contributed by atoms with Gasteiger partial charge in [0.1, 0.15) is 11.6 Å². The van der Waals surface area contributed by atoms with Crippen LogP contribution in [-0.4, -0.2) is 24.0 Å². The van der Waals surface area contributed by atoms with Crippen LogP contribution in [0.2, 0.25) is 0 Å². The highest BCUT2D eigenvalue weighted by Crippen LogP contribution is 2.40. The molecule has 0 radical (unpaired) electrons. The number of thioether (sulfide) groups is 1. The molecule has 4 nitrogen and oxygen atoms in total. The molecule has 3 aromatic carbocycles. The van der Waals surface area contributed by atoms with Crippen molar-refractivity contribution >= 4 is 34.8 Å². The molecule has 0 saturated carbocycles. The van der Waals surface area contributed by atoms with E-state index < -0.39 is 5.82 Å². The van der Waals surface area contributed by atoms with Crippen molar-refractivity contribution in [3.8, 4) is 5.75 Å². The van der Waals surface area contributed by atoms with Crippen molar-refractivity contribution < 1.29 is 13.9 Å². The van der Waals surface area contributed by atoms with Crippen LogP contribution >= 0.6 is 11.8 Å². The lowest BCUT2D eigenvalue weighted by atomic mass is 10.0. The molecule has 0 aliphatic carbocycles. The number of hydrogen-bond acceptors (Lipinski definition) is 4. The van der Waals surface area contributed by atoms with Gasteiger partial charge in [0, 0.05) is 11.3 Å². The van der Waals surface area contributed by atoms with E-state index in [0.717, 1.165) is 27.6 Å². The maximum absolute atomic E-state index is 13.9. The van der Waals surface area contributed by atoms with Gasteiger partial charge in [-0.05, 0) is 54.1 Å². The number of anilines is 1. The lowest BCUT2D eigenvalue weighted by Gasteiger charge is -2.24. The molecule has 3 aromatic rings. The van der Waals surface area contributed by atoms with Crippen LogP contribution in [0.5, 0.6) is 5.75 Å².